The van der Waals surface area contributed by atoms with E-state index in [1.807, 2.05) is 6.07 Å². The zero-order valence-electron chi connectivity index (χ0n) is 7.86. The van der Waals surface area contributed by atoms with Crippen molar-refractivity contribution < 1.29 is 9.90 Å². The van der Waals surface area contributed by atoms with Gasteiger partial charge >= 0.3 is 5.97 Å². The number of fused-ring (bicyclic) bond motifs is 1. The molecule has 3 nitrogen and oxygen atoms in total. The van der Waals surface area contributed by atoms with Crippen molar-refractivity contribution in [3.8, 4) is 0 Å². The Bertz CT molecular complexity index is 374. The molecule has 0 saturated carbocycles. The summed E-state index contributed by atoms with van der Waals surface area (Å²) < 4.78 is 0. The first-order valence-corrected chi connectivity index (χ1v) is 4.80. The summed E-state index contributed by atoms with van der Waals surface area (Å²) in [7, 11) is 0. The Labute approximate surface area is 82.5 Å². The molecule has 0 aliphatic heterocycles. The van der Waals surface area contributed by atoms with Gasteiger partial charge in [-0.05, 0) is 42.5 Å². The first-order chi connectivity index (χ1) is 6.68. The average Bonchev–Trinajstić information content (AvgIpc) is 2.17. The van der Waals surface area contributed by atoms with Crippen LogP contribution in [0.3, 0.4) is 0 Å². The number of benzene rings is 1. The highest BCUT2D eigenvalue weighted by molar-refractivity contribution is 5.87. The maximum Gasteiger partial charge on any atom is 0.335 e. The Morgan fingerprint density at radius 3 is 3.00 bits per heavy atom. The topological polar surface area (TPSA) is 63.3 Å². The lowest BCUT2D eigenvalue weighted by Gasteiger charge is -2.22. The van der Waals surface area contributed by atoms with Crippen molar-refractivity contribution in [3.05, 3.63) is 34.9 Å². The standard InChI is InChI=1S/C11H13NO2/c12-10-3-1-2-7-6-8(11(13)14)4-5-9(7)10/h4-6,10H,1-3,12H2,(H,13,14)/t10-/m0/s1. The van der Waals surface area contributed by atoms with Crippen molar-refractivity contribution in [2.45, 2.75) is 25.3 Å². The lowest BCUT2D eigenvalue weighted by atomic mass is 9.87. The van der Waals surface area contributed by atoms with Crippen LogP contribution in [0, 0.1) is 0 Å². The van der Waals surface area contributed by atoms with Crippen LogP contribution in [0.25, 0.3) is 0 Å². The molecule has 0 unspecified atom stereocenters. The number of carboxylic acid groups (broad SMARTS) is 1. The molecule has 0 radical (unpaired) electrons. The SMILES string of the molecule is N[C@H]1CCCc2cc(C(=O)O)ccc21. The molecule has 0 amide bonds. The molecule has 14 heavy (non-hydrogen) atoms. The molecule has 3 N–H and O–H groups in total. The molecule has 74 valence electrons. The van der Waals surface area contributed by atoms with Crippen LogP contribution in [0.1, 0.15) is 40.4 Å². The largest absolute Gasteiger partial charge is 0.478 e. The summed E-state index contributed by atoms with van der Waals surface area (Å²) in [6, 6.07) is 5.31. The average molecular weight is 191 g/mol. The van der Waals surface area contributed by atoms with Gasteiger partial charge in [0.1, 0.15) is 0 Å². The molecule has 0 spiro atoms. The molecule has 1 atom stereocenters. The van der Waals surface area contributed by atoms with Gasteiger partial charge in [0.05, 0.1) is 5.56 Å². The molecule has 0 heterocycles. The van der Waals surface area contributed by atoms with E-state index in [4.69, 9.17) is 10.8 Å². The molecule has 3 heteroatoms. The highest BCUT2D eigenvalue weighted by Gasteiger charge is 2.17. The van der Waals surface area contributed by atoms with Crippen LogP contribution in [0.4, 0.5) is 0 Å². The third kappa shape index (κ3) is 1.51. The summed E-state index contributed by atoms with van der Waals surface area (Å²) in [5.74, 6) is -0.869. The van der Waals surface area contributed by atoms with Crippen LogP contribution in [0.5, 0.6) is 0 Å². The fourth-order valence-electron chi connectivity index (χ4n) is 1.98. The maximum absolute atomic E-state index is 10.7. The van der Waals surface area contributed by atoms with Gasteiger partial charge in [0, 0.05) is 6.04 Å². The summed E-state index contributed by atoms with van der Waals surface area (Å²) in [6.45, 7) is 0. The van der Waals surface area contributed by atoms with E-state index in [0.29, 0.717) is 5.56 Å². The molecule has 1 aromatic rings. The zero-order chi connectivity index (χ0) is 10.1. The van der Waals surface area contributed by atoms with E-state index < -0.39 is 5.97 Å². The third-order valence-corrected chi connectivity index (χ3v) is 2.75. The van der Waals surface area contributed by atoms with Gasteiger partial charge in [-0.25, -0.2) is 4.79 Å². The number of hydrogen-bond donors (Lipinski definition) is 2. The van der Waals surface area contributed by atoms with E-state index in [0.717, 1.165) is 30.4 Å². The number of aromatic carboxylic acids is 1. The van der Waals surface area contributed by atoms with Crippen LogP contribution in [-0.4, -0.2) is 11.1 Å². The second-order valence-electron chi connectivity index (χ2n) is 3.72. The minimum absolute atomic E-state index is 0.0848. The molecule has 0 aromatic heterocycles. The Balaban J connectivity index is 2.44. The van der Waals surface area contributed by atoms with Crippen LogP contribution >= 0.6 is 0 Å². The number of carboxylic acids is 1. The van der Waals surface area contributed by atoms with Gasteiger partial charge in [-0.1, -0.05) is 6.07 Å². The summed E-state index contributed by atoms with van der Waals surface area (Å²) in [5.41, 5.74) is 8.50. The molecule has 0 fully saturated rings. The first kappa shape index (κ1) is 9.21. The van der Waals surface area contributed by atoms with Gasteiger partial charge in [0.25, 0.3) is 0 Å². The molecule has 0 bridgehead atoms. The number of carbonyl (C=O) groups is 1. The van der Waals surface area contributed by atoms with Crippen molar-refractivity contribution >= 4 is 5.97 Å². The van der Waals surface area contributed by atoms with E-state index in [-0.39, 0.29) is 6.04 Å². The number of aryl methyl sites for hydroxylation is 1. The zero-order valence-corrected chi connectivity index (χ0v) is 7.86. The third-order valence-electron chi connectivity index (χ3n) is 2.75. The minimum atomic E-state index is -0.869. The Kier molecular flexibility index (Phi) is 2.25. The van der Waals surface area contributed by atoms with Crippen molar-refractivity contribution in [1.29, 1.82) is 0 Å². The van der Waals surface area contributed by atoms with E-state index in [9.17, 15) is 4.79 Å². The minimum Gasteiger partial charge on any atom is -0.478 e. The summed E-state index contributed by atoms with van der Waals surface area (Å²) >= 11 is 0. The smallest absolute Gasteiger partial charge is 0.335 e. The van der Waals surface area contributed by atoms with Crippen molar-refractivity contribution in [3.63, 3.8) is 0 Å². The van der Waals surface area contributed by atoms with Gasteiger partial charge < -0.3 is 10.8 Å². The molecule has 1 aromatic carbocycles. The summed E-state index contributed by atoms with van der Waals surface area (Å²) in [5, 5.41) is 8.82. The second-order valence-corrected chi connectivity index (χ2v) is 3.72. The van der Waals surface area contributed by atoms with E-state index in [1.165, 1.54) is 0 Å². The predicted octanol–water partition coefficient (Wildman–Crippen LogP) is 1.72. The van der Waals surface area contributed by atoms with Crippen LogP contribution in [0.2, 0.25) is 0 Å². The number of nitrogens with two attached hydrogens (primary N) is 1. The predicted molar refractivity (Wildman–Crippen MR) is 53.3 cm³/mol. The molecular weight excluding hydrogens is 178 g/mol. The molecule has 1 aliphatic carbocycles. The van der Waals surface area contributed by atoms with E-state index >= 15 is 0 Å². The first-order valence-electron chi connectivity index (χ1n) is 4.80. The highest BCUT2D eigenvalue weighted by Crippen LogP contribution is 2.28. The maximum atomic E-state index is 10.7. The van der Waals surface area contributed by atoms with Gasteiger partial charge in [-0.15, -0.1) is 0 Å². The summed E-state index contributed by atoms with van der Waals surface area (Å²) in [6.07, 6.45) is 3.00. The van der Waals surface area contributed by atoms with Gasteiger partial charge in [0.2, 0.25) is 0 Å². The highest BCUT2D eigenvalue weighted by atomic mass is 16.4. The number of rotatable bonds is 1. The van der Waals surface area contributed by atoms with Crippen molar-refractivity contribution in [1.82, 2.24) is 0 Å². The lowest BCUT2D eigenvalue weighted by molar-refractivity contribution is 0.0696. The van der Waals surface area contributed by atoms with E-state index in [2.05, 4.69) is 0 Å². The Morgan fingerprint density at radius 1 is 1.50 bits per heavy atom. The fraction of sp³-hybridized carbons (Fsp3) is 0.364. The van der Waals surface area contributed by atoms with Gasteiger partial charge in [-0.3, -0.25) is 0 Å². The Hall–Kier alpha value is -1.35. The fourth-order valence-corrected chi connectivity index (χ4v) is 1.98. The molecular formula is C11H13NO2. The molecule has 1 aliphatic rings. The number of hydrogen-bond acceptors (Lipinski definition) is 2. The van der Waals surface area contributed by atoms with Crippen LogP contribution in [-0.2, 0) is 6.42 Å². The van der Waals surface area contributed by atoms with Gasteiger partial charge in [0.15, 0.2) is 0 Å². The van der Waals surface area contributed by atoms with Crippen molar-refractivity contribution in [2.24, 2.45) is 5.73 Å². The normalized spacial score (nSPS) is 20.2. The second kappa shape index (κ2) is 3.42. The monoisotopic (exact) mass is 191 g/mol. The van der Waals surface area contributed by atoms with Crippen LogP contribution in [0.15, 0.2) is 18.2 Å². The molecule has 2 rings (SSSR count). The lowest BCUT2D eigenvalue weighted by Crippen LogP contribution is -2.17. The Morgan fingerprint density at radius 2 is 2.29 bits per heavy atom. The van der Waals surface area contributed by atoms with Crippen LogP contribution < -0.4 is 5.73 Å². The molecule has 0 saturated heterocycles. The van der Waals surface area contributed by atoms with Crippen molar-refractivity contribution in [2.75, 3.05) is 0 Å². The summed E-state index contributed by atoms with van der Waals surface area (Å²) in [4.78, 5) is 10.7. The van der Waals surface area contributed by atoms with Gasteiger partial charge in [-0.2, -0.15) is 0 Å². The van der Waals surface area contributed by atoms with E-state index in [1.54, 1.807) is 12.1 Å². The quantitative estimate of drug-likeness (QED) is 0.710.